The van der Waals surface area contributed by atoms with Crippen LogP contribution in [-0.4, -0.2) is 30.4 Å². The zero-order valence-electron chi connectivity index (χ0n) is 11.9. The van der Waals surface area contributed by atoms with Gasteiger partial charge in [-0.3, -0.25) is 0 Å². The number of hydrogen-bond donors (Lipinski definition) is 0. The molecule has 0 bridgehead atoms. The van der Waals surface area contributed by atoms with Crippen LogP contribution >= 0.6 is 0 Å². The number of fused-ring (bicyclic) bond motifs is 1. The number of rotatable bonds is 1. The predicted molar refractivity (Wildman–Crippen MR) is 81.6 cm³/mol. The van der Waals surface area contributed by atoms with Gasteiger partial charge < -0.3 is 9.64 Å². The molecule has 0 spiro atoms. The number of nitrogens with zero attached hydrogens (tertiary/aromatic N) is 3. The molecule has 0 atom stereocenters. The van der Waals surface area contributed by atoms with Crippen LogP contribution in [0.2, 0.25) is 0 Å². The zero-order valence-corrected chi connectivity index (χ0v) is 11.9. The van der Waals surface area contributed by atoms with Gasteiger partial charge in [0.05, 0.1) is 12.8 Å². The van der Waals surface area contributed by atoms with E-state index >= 15 is 0 Å². The van der Waals surface area contributed by atoms with Crippen molar-refractivity contribution in [1.82, 2.24) is 4.90 Å². The minimum absolute atomic E-state index is 0.585. The first-order valence-corrected chi connectivity index (χ1v) is 6.61. The Hall–Kier alpha value is -2.36. The first-order chi connectivity index (χ1) is 9.67. The normalized spacial score (nSPS) is 17.1. The van der Waals surface area contributed by atoms with Crippen LogP contribution in [0.25, 0.3) is 5.70 Å². The zero-order chi connectivity index (χ0) is 14.1. The fourth-order valence-electron chi connectivity index (χ4n) is 2.38. The van der Waals surface area contributed by atoms with Crippen molar-refractivity contribution in [3.63, 3.8) is 0 Å². The molecule has 0 radical (unpaired) electrons. The highest BCUT2D eigenvalue weighted by molar-refractivity contribution is 6.03. The molecule has 4 heteroatoms. The van der Waals surface area contributed by atoms with Crippen molar-refractivity contribution in [2.75, 3.05) is 13.7 Å². The number of aryl methyl sites for hydroxylation is 2. The van der Waals surface area contributed by atoms with Crippen LogP contribution in [0.4, 0.5) is 0 Å². The Morgan fingerprint density at radius 2 is 2.05 bits per heavy atom. The van der Waals surface area contributed by atoms with E-state index in [4.69, 9.17) is 4.74 Å². The van der Waals surface area contributed by atoms with Crippen LogP contribution in [0.5, 0.6) is 0 Å². The molecule has 0 unspecified atom stereocenters. The first-order valence-electron chi connectivity index (χ1n) is 6.61. The fraction of sp³-hybridized carbons (Fsp3) is 0.250. The number of methoxy groups -OCH3 is 1. The monoisotopic (exact) mass is 267 g/mol. The molecule has 2 heterocycles. The maximum Gasteiger partial charge on any atom is 0.233 e. The van der Waals surface area contributed by atoms with E-state index in [1.807, 2.05) is 17.2 Å². The second-order valence-electron chi connectivity index (χ2n) is 4.94. The van der Waals surface area contributed by atoms with E-state index in [9.17, 15) is 0 Å². The van der Waals surface area contributed by atoms with Gasteiger partial charge in [0.1, 0.15) is 0 Å². The minimum atomic E-state index is 0.585. The van der Waals surface area contributed by atoms with Crippen LogP contribution in [0.3, 0.4) is 0 Å². The van der Waals surface area contributed by atoms with Gasteiger partial charge >= 0.3 is 0 Å². The molecule has 0 saturated heterocycles. The molecule has 1 aromatic carbocycles. The number of guanidine groups is 1. The maximum absolute atomic E-state index is 5.16. The summed E-state index contributed by atoms with van der Waals surface area (Å²) in [7, 11) is 1.61. The van der Waals surface area contributed by atoms with Crippen LogP contribution < -0.4 is 0 Å². The Kier molecular flexibility index (Phi) is 3.14. The molecule has 0 fully saturated rings. The van der Waals surface area contributed by atoms with Crippen molar-refractivity contribution in [2.45, 2.75) is 13.8 Å². The third kappa shape index (κ3) is 2.25. The number of hydrogen-bond acceptors (Lipinski definition) is 4. The molecule has 2 aliphatic heterocycles. The molecule has 4 nitrogen and oxygen atoms in total. The number of ether oxygens (including phenoxy) is 1. The summed E-state index contributed by atoms with van der Waals surface area (Å²) < 4.78 is 5.16. The van der Waals surface area contributed by atoms with Gasteiger partial charge in [-0.25, -0.2) is 4.99 Å². The molecule has 20 heavy (non-hydrogen) atoms. The topological polar surface area (TPSA) is 37.2 Å². The lowest BCUT2D eigenvalue weighted by Gasteiger charge is -2.25. The third-order valence-electron chi connectivity index (χ3n) is 3.43. The van der Waals surface area contributed by atoms with Crippen molar-refractivity contribution in [3.05, 3.63) is 53.2 Å². The molecule has 1 aromatic rings. The van der Waals surface area contributed by atoms with Crippen molar-refractivity contribution >= 4 is 17.6 Å². The second kappa shape index (κ2) is 4.96. The number of benzene rings is 1. The van der Waals surface area contributed by atoms with Gasteiger partial charge in [-0.05, 0) is 25.5 Å². The van der Waals surface area contributed by atoms with Gasteiger partial charge in [-0.15, -0.1) is 0 Å². The van der Waals surface area contributed by atoms with E-state index in [0.29, 0.717) is 11.9 Å². The highest BCUT2D eigenvalue weighted by atomic mass is 16.5. The molecule has 0 aliphatic carbocycles. The molecule has 2 aliphatic rings. The molecule has 0 saturated carbocycles. The van der Waals surface area contributed by atoms with Crippen molar-refractivity contribution in [1.29, 1.82) is 0 Å². The van der Waals surface area contributed by atoms with Gasteiger partial charge in [0.25, 0.3) is 0 Å². The Bertz CT molecular complexity index is 668. The second-order valence-corrected chi connectivity index (χ2v) is 4.94. The summed E-state index contributed by atoms with van der Waals surface area (Å²) in [5, 5.41) is 0. The molecule has 0 aromatic heterocycles. The van der Waals surface area contributed by atoms with E-state index in [0.717, 1.165) is 17.8 Å². The maximum atomic E-state index is 5.16. The number of aliphatic imine (C=N–C) groups is 2. The van der Waals surface area contributed by atoms with Gasteiger partial charge in [0, 0.05) is 24.4 Å². The lowest BCUT2D eigenvalue weighted by Crippen LogP contribution is -2.31. The Labute approximate surface area is 118 Å². The molecular weight excluding hydrogens is 250 g/mol. The molecule has 3 rings (SSSR count). The van der Waals surface area contributed by atoms with Crippen molar-refractivity contribution in [3.8, 4) is 0 Å². The lowest BCUT2D eigenvalue weighted by atomic mass is 10.0. The smallest absolute Gasteiger partial charge is 0.233 e. The van der Waals surface area contributed by atoms with Crippen molar-refractivity contribution < 1.29 is 4.74 Å². The summed E-state index contributed by atoms with van der Waals surface area (Å²) in [6, 6.07) is 6.41. The van der Waals surface area contributed by atoms with Crippen molar-refractivity contribution in [2.24, 2.45) is 9.98 Å². The summed E-state index contributed by atoms with van der Waals surface area (Å²) in [6.45, 7) is 4.99. The SMILES string of the molecule is COC1=NC2=NC(c3ccc(C)cc3C)=CCN2C=C1. The van der Waals surface area contributed by atoms with Gasteiger partial charge in [-0.1, -0.05) is 23.8 Å². The lowest BCUT2D eigenvalue weighted by molar-refractivity contribution is 0.403. The van der Waals surface area contributed by atoms with Crippen LogP contribution in [0.15, 0.2) is 46.5 Å². The minimum Gasteiger partial charge on any atom is -0.481 e. The quantitative estimate of drug-likeness (QED) is 0.784. The molecule has 102 valence electrons. The highest BCUT2D eigenvalue weighted by Gasteiger charge is 2.19. The average Bonchev–Trinajstić information content (AvgIpc) is 2.46. The fourth-order valence-corrected chi connectivity index (χ4v) is 2.38. The Morgan fingerprint density at radius 3 is 2.80 bits per heavy atom. The van der Waals surface area contributed by atoms with E-state index < -0.39 is 0 Å². The van der Waals surface area contributed by atoms with E-state index in [-0.39, 0.29) is 0 Å². The Morgan fingerprint density at radius 1 is 1.20 bits per heavy atom. The summed E-state index contributed by atoms with van der Waals surface area (Å²) in [5.74, 6) is 1.27. The van der Waals surface area contributed by atoms with Gasteiger partial charge in [0.2, 0.25) is 11.9 Å². The molecular formula is C16H17N3O. The summed E-state index contributed by atoms with van der Waals surface area (Å²) >= 11 is 0. The first kappa shape index (κ1) is 12.7. The Balaban J connectivity index is 1.97. The standard InChI is InChI=1S/C16H17N3O/c1-11-4-5-13(12(2)10-11)14-6-8-19-9-7-15(20-3)18-16(19)17-14/h4-7,9-10H,8H2,1-3H3. The summed E-state index contributed by atoms with van der Waals surface area (Å²) in [5.41, 5.74) is 4.63. The molecule has 0 N–H and O–H groups in total. The van der Waals surface area contributed by atoms with Gasteiger partial charge in [-0.2, -0.15) is 4.99 Å². The average molecular weight is 267 g/mol. The van der Waals surface area contributed by atoms with E-state index in [1.165, 1.54) is 11.1 Å². The van der Waals surface area contributed by atoms with Crippen LogP contribution in [0.1, 0.15) is 16.7 Å². The van der Waals surface area contributed by atoms with E-state index in [1.54, 1.807) is 7.11 Å². The summed E-state index contributed by atoms with van der Waals surface area (Å²) in [6.07, 6.45) is 5.91. The largest absolute Gasteiger partial charge is 0.481 e. The van der Waals surface area contributed by atoms with Crippen LogP contribution in [0, 0.1) is 13.8 Å². The highest BCUT2D eigenvalue weighted by Crippen LogP contribution is 2.25. The van der Waals surface area contributed by atoms with Gasteiger partial charge in [0.15, 0.2) is 0 Å². The molecule has 0 amide bonds. The predicted octanol–water partition coefficient (Wildman–Crippen LogP) is 2.89. The van der Waals surface area contributed by atoms with E-state index in [2.05, 4.69) is 48.1 Å². The van der Waals surface area contributed by atoms with Crippen LogP contribution in [-0.2, 0) is 4.74 Å². The third-order valence-corrected chi connectivity index (χ3v) is 3.43. The summed E-state index contributed by atoms with van der Waals surface area (Å²) in [4.78, 5) is 11.0.